The van der Waals surface area contributed by atoms with Crippen LogP contribution in [-0.2, 0) is 0 Å². The molecule has 0 saturated carbocycles. The summed E-state index contributed by atoms with van der Waals surface area (Å²) in [7, 11) is 0. The lowest BCUT2D eigenvalue weighted by atomic mass is 10.2. The average Bonchev–Trinajstić information content (AvgIpc) is 2.07. The Hall–Kier alpha value is -0.320. The van der Waals surface area contributed by atoms with Crippen LogP contribution >= 0.6 is 22.6 Å². The highest BCUT2D eigenvalue weighted by molar-refractivity contribution is 14.1. The monoisotopic (exact) mass is 280 g/mol. The van der Waals surface area contributed by atoms with Crippen LogP contribution < -0.4 is 4.74 Å². The molecule has 0 heterocycles. The molecular weight excluding hydrogens is 270 g/mol. The van der Waals surface area contributed by atoms with E-state index in [2.05, 4.69) is 22.6 Å². The van der Waals surface area contributed by atoms with E-state index in [1.165, 1.54) is 0 Å². The second-order valence-corrected chi connectivity index (χ2v) is 3.63. The number of ether oxygens (including phenoxy) is 1. The summed E-state index contributed by atoms with van der Waals surface area (Å²) in [4.78, 5) is 0. The van der Waals surface area contributed by atoms with Crippen molar-refractivity contribution < 1.29 is 9.13 Å². The van der Waals surface area contributed by atoms with Gasteiger partial charge in [-0.05, 0) is 47.2 Å². The largest absolute Gasteiger partial charge is 0.490 e. The zero-order valence-corrected chi connectivity index (χ0v) is 8.97. The molecule has 0 saturated heterocycles. The van der Waals surface area contributed by atoms with E-state index in [4.69, 9.17) is 4.74 Å². The quantitative estimate of drug-likeness (QED) is 0.773. The Labute approximate surface area is 85.1 Å². The Morgan fingerprint density at radius 3 is 2.92 bits per heavy atom. The summed E-state index contributed by atoms with van der Waals surface area (Å²) in [5, 5.41) is 0. The molecule has 0 aromatic heterocycles. The van der Waals surface area contributed by atoms with E-state index in [1.54, 1.807) is 0 Å². The summed E-state index contributed by atoms with van der Waals surface area (Å²) >= 11 is 2.17. The van der Waals surface area contributed by atoms with Gasteiger partial charge in [-0.2, -0.15) is 0 Å². The molecule has 66 valence electrons. The minimum absolute atomic E-state index is 0.138. The van der Waals surface area contributed by atoms with Crippen molar-refractivity contribution in [1.82, 2.24) is 0 Å². The molecule has 0 spiro atoms. The highest BCUT2D eigenvalue weighted by atomic mass is 127. The molecule has 1 nitrogen and oxygen atoms in total. The van der Waals surface area contributed by atoms with Crippen molar-refractivity contribution in [2.75, 3.05) is 13.3 Å². The Kier molecular flexibility index (Phi) is 3.78. The molecule has 1 aromatic carbocycles. The fourth-order valence-corrected chi connectivity index (χ4v) is 1.36. The van der Waals surface area contributed by atoms with Gasteiger partial charge in [-0.3, -0.25) is 0 Å². The molecule has 0 aliphatic heterocycles. The Balaban J connectivity index is 2.75. The summed E-state index contributed by atoms with van der Waals surface area (Å²) in [6, 6.07) is 5.88. The Morgan fingerprint density at radius 2 is 2.25 bits per heavy atom. The lowest BCUT2D eigenvalue weighted by Gasteiger charge is -2.06. The fourth-order valence-electron chi connectivity index (χ4n) is 0.870. The van der Waals surface area contributed by atoms with Crippen LogP contribution in [0.4, 0.5) is 4.39 Å². The number of aryl methyl sites for hydroxylation is 1. The fraction of sp³-hybridized carbons (Fsp3) is 0.333. The first-order valence-electron chi connectivity index (χ1n) is 3.69. The maximum absolute atomic E-state index is 11.8. The van der Waals surface area contributed by atoms with E-state index in [1.807, 2.05) is 25.1 Å². The first-order valence-corrected chi connectivity index (χ1v) is 4.77. The van der Waals surface area contributed by atoms with Crippen molar-refractivity contribution in [1.29, 1.82) is 0 Å². The maximum atomic E-state index is 11.8. The highest BCUT2D eigenvalue weighted by Gasteiger charge is 1.99. The van der Waals surface area contributed by atoms with Gasteiger partial charge in [0.15, 0.2) is 0 Å². The van der Waals surface area contributed by atoms with Gasteiger partial charge in [0, 0.05) is 0 Å². The van der Waals surface area contributed by atoms with E-state index in [0.29, 0.717) is 0 Å². The normalized spacial score (nSPS) is 9.92. The van der Waals surface area contributed by atoms with Crippen molar-refractivity contribution in [2.45, 2.75) is 6.92 Å². The van der Waals surface area contributed by atoms with Gasteiger partial charge < -0.3 is 4.74 Å². The van der Waals surface area contributed by atoms with Crippen LogP contribution in [0.25, 0.3) is 0 Å². The van der Waals surface area contributed by atoms with Crippen LogP contribution in [-0.4, -0.2) is 13.3 Å². The van der Waals surface area contributed by atoms with E-state index < -0.39 is 6.67 Å². The first kappa shape index (κ1) is 9.77. The molecule has 0 aliphatic rings. The van der Waals surface area contributed by atoms with Gasteiger partial charge in [0.05, 0.1) is 3.57 Å². The van der Waals surface area contributed by atoms with Crippen LogP contribution in [0.2, 0.25) is 0 Å². The number of hydrogen-bond donors (Lipinski definition) is 0. The molecule has 3 heteroatoms. The zero-order chi connectivity index (χ0) is 8.97. The van der Waals surface area contributed by atoms with E-state index >= 15 is 0 Å². The minimum Gasteiger partial charge on any atom is -0.490 e. The topological polar surface area (TPSA) is 9.23 Å². The molecule has 1 rings (SSSR count). The third-order valence-electron chi connectivity index (χ3n) is 1.42. The third kappa shape index (κ3) is 2.62. The van der Waals surface area contributed by atoms with E-state index in [-0.39, 0.29) is 6.61 Å². The molecular formula is C9H10FIO. The molecule has 0 fully saturated rings. The minimum atomic E-state index is -0.440. The second kappa shape index (κ2) is 4.64. The third-order valence-corrected chi connectivity index (χ3v) is 2.31. The van der Waals surface area contributed by atoms with Crippen LogP contribution in [0.1, 0.15) is 5.56 Å². The lowest BCUT2D eigenvalue weighted by molar-refractivity contribution is 0.271. The predicted molar refractivity (Wildman–Crippen MR) is 55.4 cm³/mol. The first-order chi connectivity index (χ1) is 5.74. The SMILES string of the molecule is Cc1ccc(I)c(OCCF)c1. The van der Waals surface area contributed by atoms with Gasteiger partial charge in [0.1, 0.15) is 19.0 Å². The lowest BCUT2D eigenvalue weighted by Crippen LogP contribution is -2.00. The van der Waals surface area contributed by atoms with Crippen molar-refractivity contribution in [3.63, 3.8) is 0 Å². The number of alkyl halides is 1. The molecule has 0 radical (unpaired) electrons. The molecule has 12 heavy (non-hydrogen) atoms. The molecule has 0 atom stereocenters. The van der Waals surface area contributed by atoms with Gasteiger partial charge >= 0.3 is 0 Å². The van der Waals surface area contributed by atoms with Gasteiger partial charge in [-0.1, -0.05) is 6.07 Å². The maximum Gasteiger partial charge on any atom is 0.133 e. The number of halogens is 2. The van der Waals surface area contributed by atoms with Crippen molar-refractivity contribution in [2.24, 2.45) is 0 Å². The molecule has 0 aliphatic carbocycles. The van der Waals surface area contributed by atoms with Crippen molar-refractivity contribution >= 4 is 22.6 Å². The van der Waals surface area contributed by atoms with Gasteiger partial charge in [-0.25, -0.2) is 4.39 Å². The number of hydrogen-bond acceptors (Lipinski definition) is 1. The van der Waals surface area contributed by atoms with E-state index in [0.717, 1.165) is 14.9 Å². The van der Waals surface area contributed by atoms with Crippen LogP contribution in [0.3, 0.4) is 0 Å². The Bertz CT molecular complexity index is 263. The molecule has 1 aromatic rings. The zero-order valence-electron chi connectivity index (χ0n) is 6.81. The summed E-state index contributed by atoms with van der Waals surface area (Å²) in [5.41, 5.74) is 1.13. The van der Waals surface area contributed by atoms with E-state index in [9.17, 15) is 4.39 Å². The molecule has 0 unspecified atom stereocenters. The second-order valence-electron chi connectivity index (χ2n) is 2.47. The molecule has 0 amide bonds. The summed E-state index contributed by atoms with van der Waals surface area (Å²) in [6.45, 7) is 1.68. The van der Waals surface area contributed by atoms with Crippen LogP contribution in [0, 0.1) is 10.5 Å². The smallest absolute Gasteiger partial charge is 0.133 e. The highest BCUT2D eigenvalue weighted by Crippen LogP contribution is 2.21. The van der Waals surface area contributed by atoms with Gasteiger partial charge in [0.25, 0.3) is 0 Å². The summed E-state index contributed by atoms with van der Waals surface area (Å²) in [5.74, 6) is 0.772. The van der Waals surface area contributed by atoms with Crippen molar-refractivity contribution in [3.05, 3.63) is 27.3 Å². The van der Waals surface area contributed by atoms with Crippen LogP contribution in [0.15, 0.2) is 18.2 Å². The summed E-state index contributed by atoms with van der Waals surface area (Å²) in [6.07, 6.45) is 0. The van der Waals surface area contributed by atoms with Crippen LogP contribution in [0.5, 0.6) is 5.75 Å². The van der Waals surface area contributed by atoms with Gasteiger partial charge in [0.2, 0.25) is 0 Å². The Morgan fingerprint density at radius 1 is 1.50 bits per heavy atom. The molecule has 0 bridgehead atoms. The average molecular weight is 280 g/mol. The number of rotatable bonds is 3. The van der Waals surface area contributed by atoms with Crippen molar-refractivity contribution in [3.8, 4) is 5.75 Å². The van der Waals surface area contributed by atoms with Gasteiger partial charge in [-0.15, -0.1) is 0 Å². The predicted octanol–water partition coefficient (Wildman–Crippen LogP) is 2.95. The summed E-state index contributed by atoms with van der Waals surface area (Å²) < 4.78 is 18.0. The standard InChI is InChI=1S/C9H10FIO/c1-7-2-3-8(11)9(6-7)12-5-4-10/h2-3,6H,4-5H2,1H3. The number of benzene rings is 1. The molecule has 0 N–H and O–H groups in total.